The zero-order valence-corrected chi connectivity index (χ0v) is 15.5. The molecule has 0 fully saturated rings. The van der Waals surface area contributed by atoms with Gasteiger partial charge in [0.2, 0.25) is 5.82 Å². The molecule has 8 heteroatoms. The maximum Gasteiger partial charge on any atom is 0.209 e. The van der Waals surface area contributed by atoms with Gasteiger partial charge in [0.15, 0.2) is 0 Å². The second-order valence-electron chi connectivity index (χ2n) is 5.91. The molecule has 0 saturated heterocycles. The molecule has 0 saturated carbocycles. The molecule has 0 atom stereocenters. The van der Waals surface area contributed by atoms with Gasteiger partial charge in [-0.3, -0.25) is 5.10 Å². The summed E-state index contributed by atoms with van der Waals surface area (Å²) in [6, 6.07) is 15.7. The van der Waals surface area contributed by atoms with E-state index < -0.39 is 0 Å². The molecule has 26 heavy (non-hydrogen) atoms. The van der Waals surface area contributed by atoms with Crippen LogP contribution in [0.4, 0.5) is 0 Å². The van der Waals surface area contributed by atoms with E-state index in [0.29, 0.717) is 27.6 Å². The number of aromatic nitrogens is 6. The molecule has 4 rings (SSSR count). The summed E-state index contributed by atoms with van der Waals surface area (Å²) >= 11 is 11.8. The minimum absolute atomic E-state index is 0.477. The van der Waals surface area contributed by atoms with Crippen molar-refractivity contribution >= 4 is 23.8 Å². The van der Waals surface area contributed by atoms with Crippen molar-refractivity contribution in [1.82, 2.24) is 30.0 Å². The zero-order valence-electron chi connectivity index (χ0n) is 13.9. The first-order valence-electron chi connectivity index (χ1n) is 8.01. The van der Waals surface area contributed by atoms with Gasteiger partial charge < -0.3 is 0 Å². The summed E-state index contributed by atoms with van der Waals surface area (Å²) in [4.78, 5) is 1.56. The first-order chi connectivity index (χ1) is 12.6. The third-order valence-electron chi connectivity index (χ3n) is 3.97. The molecule has 0 amide bonds. The van der Waals surface area contributed by atoms with Crippen molar-refractivity contribution in [2.45, 2.75) is 13.5 Å². The Morgan fingerprint density at radius 3 is 2.81 bits per heavy atom. The molecule has 0 bridgehead atoms. The van der Waals surface area contributed by atoms with Crippen molar-refractivity contribution in [2.75, 3.05) is 0 Å². The monoisotopic (exact) mass is 382 g/mol. The van der Waals surface area contributed by atoms with Crippen molar-refractivity contribution in [2.24, 2.45) is 0 Å². The Bertz CT molecular complexity index is 1130. The molecule has 2 heterocycles. The molecule has 2 aromatic heterocycles. The molecule has 0 aliphatic rings. The average Bonchev–Trinajstić information content (AvgIpc) is 3.22. The van der Waals surface area contributed by atoms with E-state index in [0.717, 1.165) is 11.3 Å². The summed E-state index contributed by atoms with van der Waals surface area (Å²) in [5, 5.41) is 16.5. The quantitative estimate of drug-likeness (QED) is 0.537. The molecule has 6 nitrogen and oxygen atoms in total. The summed E-state index contributed by atoms with van der Waals surface area (Å²) in [6.45, 7) is 2.61. The molecule has 0 aliphatic carbocycles. The predicted octanol–water partition coefficient (Wildman–Crippen LogP) is 4.20. The molecule has 0 radical (unpaired) electrons. The Labute approximate surface area is 160 Å². The van der Waals surface area contributed by atoms with Crippen LogP contribution in [0.1, 0.15) is 11.1 Å². The van der Waals surface area contributed by atoms with Crippen molar-refractivity contribution in [3.63, 3.8) is 0 Å². The van der Waals surface area contributed by atoms with E-state index in [-0.39, 0.29) is 0 Å². The standard InChI is InChI=1S/C18H15ClN6S/c1-12-5-4-6-13(9-12)11-24-22-17(21-23-24)14-10-20-25(18(14)26)16-8-3-2-7-15(16)19/h2-10,20H,11H2,1H3. The van der Waals surface area contributed by atoms with Crippen molar-refractivity contribution in [3.05, 3.63) is 75.5 Å². The van der Waals surface area contributed by atoms with Gasteiger partial charge in [0.1, 0.15) is 4.64 Å². The van der Waals surface area contributed by atoms with E-state index in [1.165, 1.54) is 5.56 Å². The number of nitrogens with one attached hydrogen (secondary N) is 1. The highest BCUT2D eigenvalue weighted by Gasteiger charge is 2.13. The van der Waals surface area contributed by atoms with Crippen LogP contribution in [0.3, 0.4) is 0 Å². The van der Waals surface area contributed by atoms with Gasteiger partial charge in [0.05, 0.1) is 22.8 Å². The first-order valence-corrected chi connectivity index (χ1v) is 8.79. The van der Waals surface area contributed by atoms with Gasteiger partial charge in [-0.2, -0.15) is 4.80 Å². The second-order valence-corrected chi connectivity index (χ2v) is 6.71. The Hall–Kier alpha value is -2.77. The fourth-order valence-electron chi connectivity index (χ4n) is 2.73. The number of H-pyrrole nitrogens is 1. The number of hydrogen-bond acceptors (Lipinski definition) is 4. The third-order valence-corrected chi connectivity index (χ3v) is 4.69. The predicted molar refractivity (Wildman–Crippen MR) is 103 cm³/mol. The number of hydrogen-bond donors (Lipinski definition) is 1. The number of rotatable bonds is 4. The molecule has 4 aromatic rings. The van der Waals surface area contributed by atoms with Gasteiger partial charge >= 0.3 is 0 Å². The highest BCUT2D eigenvalue weighted by molar-refractivity contribution is 7.71. The SMILES string of the molecule is Cc1cccc(Cn2nnc(-c3c[nH]n(-c4ccccc4Cl)c3=S)n2)c1. The van der Waals surface area contributed by atoms with Crippen molar-refractivity contribution in [1.29, 1.82) is 0 Å². The maximum absolute atomic E-state index is 6.26. The zero-order chi connectivity index (χ0) is 18.1. The van der Waals surface area contributed by atoms with E-state index >= 15 is 0 Å². The topological polar surface area (TPSA) is 64.3 Å². The van der Waals surface area contributed by atoms with Crippen LogP contribution in [0.15, 0.2) is 54.7 Å². The largest absolute Gasteiger partial charge is 0.299 e. The van der Waals surface area contributed by atoms with Crippen molar-refractivity contribution < 1.29 is 0 Å². The van der Waals surface area contributed by atoms with Gasteiger partial charge in [0, 0.05) is 6.20 Å². The number of aryl methyl sites for hydroxylation is 1. The van der Waals surface area contributed by atoms with E-state index in [1.807, 2.05) is 36.4 Å². The molecular formula is C18H15ClN6S. The lowest BCUT2D eigenvalue weighted by Gasteiger charge is -2.04. The lowest BCUT2D eigenvalue weighted by molar-refractivity contribution is 0.572. The normalized spacial score (nSPS) is 11.0. The highest BCUT2D eigenvalue weighted by atomic mass is 35.5. The van der Waals surface area contributed by atoms with Crippen LogP contribution in [0.5, 0.6) is 0 Å². The van der Waals surface area contributed by atoms with Gasteiger partial charge in [-0.05, 0) is 29.8 Å². The van der Waals surface area contributed by atoms with Crippen LogP contribution in [-0.2, 0) is 6.54 Å². The minimum Gasteiger partial charge on any atom is -0.299 e. The Morgan fingerprint density at radius 1 is 1.15 bits per heavy atom. The molecule has 1 N–H and O–H groups in total. The summed E-state index contributed by atoms with van der Waals surface area (Å²) < 4.78 is 2.28. The number of para-hydroxylation sites is 1. The van der Waals surface area contributed by atoms with Crippen LogP contribution >= 0.6 is 23.8 Å². The summed E-state index contributed by atoms with van der Waals surface area (Å²) in [6.07, 6.45) is 1.76. The number of nitrogens with zero attached hydrogens (tertiary/aromatic N) is 5. The number of tetrazole rings is 1. The van der Waals surface area contributed by atoms with E-state index in [2.05, 4.69) is 39.6 Å². The van der Waals surface area contributed by atoms with Gasteiger partial charge in [-0.25, -0.2) is 4.68 Å². The van der Waals surface area contributed by atoms with E-state index in [4.69, 9.17) is 23.8 Å². The minimum atomic E-state index is 0.477. The molecule has 0 aliphatic heterocycles. The van der Waals surface area contributed by atoms with Crippen LogP contribution in [0, 0.1) is 11.6 Å². The van der Waals surface area contributed by atoms with Gasteiger partial charge in [-0.15, -0.1) is 10.2 Å². The third kappa shape index (κ3) is 3.18. The highest BCUT2D eigenvalue weighted by Crippen LogP contribution is 2.23. The number of benzene rings is 2. The number of halogens is 1. The van der Waals surface area contributed by atoms with E-state index in [9.17, 15) is 0 Å². The van der Waals surface area contributed by atoms with Gasteiger partial charge in [0.25, 0.3) is 0 Å². The van der Waals surface area contributed by atoms with Crippen LogP contribution in [0.2, 0.25) is 5.02 Å². The first kappa shape index (κ1) is 16.7. The fourth-order valence-corrected chi connectivity index (χ4v) is 3.26. The van der Waals surface area contributed by atoms with Crippen LogP contribution in [-0.4, -0.2) is 30.0 Å². The molecular weight excluding hydrogens is 368 g/mol. The fraction of sp³-hybridized carbons (Fsp3) is 0.111. The molecule has 0 spiro atoms. The number of aromatic amines is 1. The van der Waals surface area contributed by atoms with E-state index in [1.54, 1.807) is 15.7 Å². The van der Waals surface area contributed by atoms with Crippen molar-refractivity contribution in [3.8, 4) is 17.1 Å². The maximum atomic E-state index is 6.26. The van der Waals surface area contributed by atoms with Crippen LogP contribution < -0.4 is 0 Å². The Balaban J connectivity index is 1.65. The Morgan fingerprint density at radius 2 is 2.00 bits per heavy atom. The summed E-state index contributed by atoms with van der Waals surface area (Å²) in [7, 11) is 0. The molecule has 0 unspecified atom stereocenters. The average molecular weight is 383 g/mol. The second kappa shape index (κ2) is 6.86. The van der Waals surface area contributed by atoms with Gasteiger partial charge in [-0.1, -0.05) is 65.8 Å². The Kier molecular flexibility index (Phi) is 4.40. The smallest absolute Gasteiger partial charge is 0.209 e. The summed E-state index contributed by atoms with van der Waals surface area (Å²) in [5.41, 5.74) is 3.79. The lowest BCUT2D eigenvalue weighted by Crippen LogP contribution is -2.04. The summed E-state index contributed by atoms with van der Waals surface area (Å²) in [5.74, 6) is 0.477. The molecule has 130 valence electrons. The molecule has 2 aromatic carbocycles. The lowest BCUT2D eigenvalue weighted by atomic mass is 10.1. The van der Waals surface area contributed by atoms with Crippen LogP contribution in [0.25, 0.3) is 17.1 Å².